The van der Waals surface area contributed by atoms with E-state index in [2.05, 4.69) is 0 Å². The van der Waals surface area contributed by atoms with Crippen molar-refractivity contribution in [2.75, 3.05) is 18.0 Å². The minimum atomic E-state index is -0.591. The molecule has 2 amide bonds. The quantitative estimate of drug-likeness (QED) is 0.311. The lowest BCUT2D eigenvalue weighted by Crippen LogP contribution is -2.67. The second kappa shape index (κ2) is 8.19. The molecule has 1 atom stereocenters. The number of nitrogens with zero attached hydrogens (tertiary/aromatic N) is 2. The fourth-order valence-electron chi connectivity index (χ4n) is 4.88. The van der Waals surface area contributed by atoms with E-state index >= 15 is 0 Å². The maximum absolute atomic E-state index is 13.5. The molecule has 0 aliphatic carbocycles. The topological polar surface area (TPSA) is 57.7 Å². The van der Waals surface area contributed by atoms with Gasteiger partial charge in [0.25, 0.3) is 11.7 Å². The minimum absolute atomic E-state index is 0.0698. The molecule has 0 saturated carbocycles. The zero-order valence-electron chi connectivity index (χ0n) is 17.2. The summed E-state index contributed by atoms with van der Waals surface area (Å²) in [6.45, 7) is 0.767. The number of β-lactam (4-membered cyclic amide) rings is 1. The van der Waals surface area contributed by atoms with Gasteiger partial charge in [-0.1, -0.05) is 48.0 Å². The zero-order chi connectivity index (χ0) is 22.3. The lowest BCUT2D eigenvalue weighted by atomic mass is 9.62. The highest BCUT2D eigenvalue weighted by molar-refractivity contribution is 7.13. The van der Waals surface area contributed by atoms with Crippen LogP contribution in [0.5, 0.6) is 0 Å². The van der Waals surface area contributed by atoms with E-state index < -0.39 is 17.1 Å². The van der Waals surface area contributed by atoms with Gasteiger partial charge in [-0.2, -0.15) is 0 Å². The van der Waals surface area contributed by atoms with Crippen LogP contribution >= 0.6 is 22.9 Å². The van der Waals surface area contributed by atoms with Crippen molar-refractivity contribution in [3.05, 3.63) is 87.6 Å². The maximum Gasteiger partial charge on any atom is 0.295 e. The highest BCUT2D eigenvalue weighted by atomic mass is 35.5. The van der Waals surface area contributed by atoms with Gasteiger partial charge in [0, 0.05) is 23.8 Å². The summed E-state index contributed by atoms with van der Waals surface area (Å²) in [4.78, 5) is 42.6. The molecule has 3 heterocycles. The third kappa shape index (κ3) is 3.34. The van der Waals surface area contributed by atoms with Crippen LogP contribution in [0.1, 0.15) is 34.1 Å². The highest BCUT2D eigenvalue weighted by Gasteiger charge is 2.62. The Labute approximate surface area is 195 Å². The molecule has 2 aliphatic heterocycles. The molecule has 3 aromatic rings. The van der Waals surface area contributed by atoms with Crippen LogP contribution in [0.2, 0.25) is 5.02 Å². The third-order valence-corrected chi connectivity index (χ3v) is 7.65. The first kappa shape index (κ1) is 20.9. The van der Waals surface area contributed by atoms with Crippen LogP contribution < -0.4 is 4.90 Å². The molecule has 32 heavy (non-hydrogen) atoms. The Morgan fingerprint density at radius 2 is 1.62 bits per heavy atom. The number of hydrogen-bond donors (Lipinski definition) is 0. The van der Waals surface area contributed by atoms with Gasteiger partial charge in [-0.05, 0) is 54.1 Å². The summed E-state index contributed by atoms with van der Waals surface area (Å²) in [5, 5.41) is 2.43. The third-order valence-electron chi connectivity index (χ3n) is 6.53. The van der Waals surface area contributed by atoms with E-state index in [0.717, 1.165) is 11.3 Å². The predicted octanol–water partition coefficient (Wildman–Crippen LogP) is 4.98. The number of rotatable bonds is 4. The van der Waals surface area contributed by atoms with E-state index in [9.17, 15) is 14.4 Å². The van der Waals surface area contributed by atoms with Gasteiger partial charge in [-0.25, -0.2) is 0 Å². The standard InChI is InChI=1S/C25H21ClN2O3S/c26-18-10-8-17(9-11-18)22-25(24(31)28(22)19-5-2-1-3-6-19)12-14-27(15-13-25)23(30)21(29)20-7-4-16-32-20/h1-11,16,22H,12-15H2. The molecule has 1 spiro atoms. The highest BCUT2D eigenvalue weighted by Crippen LogP contribution is 2.57. The van der Waals surface area contributed by atoms with Gasteiger partial charge in [0.1, 0.15) is 0 Å². The molecule has 0 bridgehead atoms. The minimum Gasteiger partial charge on any atom is -0.336 e. The van der Waals surface area contributed by atoms with Crippen molar-refractivity contribution in [1.29, 1.82) is 0 Å². The molecule has 7 heteroatoms. The molecule has 5 rings (SSSR count). The number of Topliss-reactive ketones (excluding diaryl/α,β-unsaturated/α-hetero) is 1. The van der Waals surface area contributed by atoms with Crippen molar-refractivity contribution >= 4 is 46.2 Å². The van der Waals surface area contributed by atoms with Crippen molar-refractivity contribution in [3.63, 3.8) is 0 Å². The average molecular weight is 465 g/mol. The van der Waals surface area contributed by atoms with Gasteiger partial charge in [0.15, 0.2) is 0 Å². The predicted molar refractivity (Wildman–Crippen MR) is 125 cm³/mol. The van der Waals surface area contributed by atoms with Gasteiger partial charge in [-0.3, -0.25) is 14.4 Å². The normalized spacial score (nSPS) is 19.7. The van der Waals surface area contributed by atoms with Gasteiger partial charge >= 0.3 is 0 Å². The second-order valence-electron chi connectivity index (χ2n) is 8.22. The number of hydrogen-bond acceptors (Lipinski definition) is 4. The SMILES string of the molecule is O=C(C(=O)N1CCC2(CC1)C(=O)N(c1ccccc1)C2c1ccc(Cl)cc1)c1cccs1. The van der Waals surface area contributed by atoms with Gasteiger partial charge in [0.2, 0.25) is 5.91 Å². The number of piperidine rings is 1. The Hall–Kier alpha value is -2.96. The molecule has 2 aromatic carbocycles. The first-order chi connectivity index (χ1) is 15.5. The Kier molecular flexibility index (Phi) is 5.35. The number of halogens is 1. The first-order valence-electron chi connectivity index (χ1n) is 10.5. The number of amides is 2. The van der Waals surface area contributed by atoms with Crippen LogP contribution in [-0.2, 0) is 9.59 Å². The summed E-state index contributed by atoms with van der Waals surface area (Å²) in [7, 11) is 0. The Bertz CT molecular complexity index is 1150. The molecule has 2 aliphatic rings. The first-order valence-corrected chi connectivity index (χ1v) is 11.8. The van der Waals surface area contributed by atoms with Crippen LogP contribution in [0.3, 0.4) is 0 Å². The Morgan fingerprint density at radius 1 is 0.938 bits per heavy atom. The summed E-state index contributed by atoms with van der Waals surface area (Å²) < 4.78 is 0. The summed E-state index contributed by atoms with van der Waals surface area (Å²) in [5.74, 6) is -0.895. The van der Waals surface area contributed by atoms with Crippen LogP contribution in [-0.4, -0.2) is 35.6 Å². The van der Waals surface area contributed by atoms with E-state index in [1.54, 1.807) is 22.4 Å². The number of carbonyl (C=O) groups is 3. The molecule has 0 N–H and O–H groups in total. The maximum atomic E-state index is 13.5. The van der Waals surface area contributed by atoms with Crippen molar-refractivity contribution in [1.82, 2.24) is 4.90 Å². The van der Waals surface area contributed by atoms with E-state index in [0.29, 0.717) is 35.8 Å². The van der Waals surface area contributed by atoms with Crippen molar-refractivity contribution in [2.45, 2.75) is 18.9 Å². The lowest BCUT2D eigenvalue weighted by molar-refractivity contribution is -0.147. The number of ketones is 1. The molecule has 5 nitrogen and oxygen atoms in total. The largest absolute Gasteiger partial charge is 0.336 e. The van der Waals surface area contributed by atoms with E-state index in [-0.39, 0.29) is 11.9 Å². The molecule has 1 unspecified atom stereocenters. The monoisotopic (exact) mass is 464 g/mol. The molecular formula is C25H21ClN2O3S. The van der Waals surface area contributed by atoms with Crippen LogP contribution in [0.4, 0.5) is 5.69 Å². The number of para-hydroxylation sites is 1. The van der Waals surface area contributed by atoms with Gasteiger partial charge in [0.05, 0.1) is 16.3 Å². The number of thiophene rings is 1. The van der Waals surface area contributed by atoms with Gasteiger partial charge < -0.3 is 9.80 Å². The molecule has 162 valence electrons. The number of carbonyl (C=O) groups excluding carboxylic acids is 3. The number of benzene rings is 2. The summed E-state index contributed by atoms with van der Waals surface area (Å²) in [5.41, 5.74) is 1.29. The smallest absolute Gasteiger partial charge is 0.295 e. The van der Waals surface area contributed by atoms with Crippen LogP contribution in [0, 0.1) is 5.41 Å². The average Bonchev–Trinajstić information content (AvgIpc) is 3.38. The molecule has 2 fully saturated rings. The lowest BCUT2D eigenvalue weighted by Gasteiger charge is -2.59. The van der Waals surface area contributed by atoms with Crippen LogP contribution in [0.15, 0.2) is 72.1 Å². The zero-order valence-corrected chi connectivity index (χ0v) is 18.8. The molecule has 0 radical (unpaired) electrons. The molecular weight excluding hydrogens is 444 g/mol. The summed E-state index contributed by atoms with van der Waals surface area (Å²) >= 11 is 7.37. The fraction of sp³-hybridized carbons (Fsp3) is 0.240. The Balaban J connectivity index is 1.41. The van der Waals surface area contributed by atoms with Gasteiger partial charge in [-0.15, -0.1) is 11.3 Å². The number of anilines is 1. The molecule has 1 aromatic heterocycles. The van der Waals surface area contributed by atoms with E-state index in [1.807, 2.05) is 59.5 Å². The van der Waals surface area contributed by atoms with E-state index in [1.165, 1.54) is 11.3 Å². The fourth-order valence-corrected chi connectivity index (χ4v) is 5.66. The van der Waals surface area contributed by atoms with Crippen molar-refractivity contribution in [2.24, 2.45) is 5.41 Å². The Morgan fingerprint density at radius 3 is 2.25 bits per heavy atom. The summed E-state index contributed by atoms with van der Waals surface area (Å²) in [6, 6.07) is 20.5. The van der Waals surface area contributed by atoms with E-state index in [4.69, 9.17) is 11.6 Å². The van der Waals surface area contributed by atoms with Crippen molar-refractivity contribution < 1.29 is 14.4 Å². The van der Waals surface area contributed by atoms with Crippen molar-refractivity contribution in [3.8, 4) is 0 Å². The number of likely N-dealkylation sites (tertiary alicyclic amines) is 1. The summed E-state index contributed by atoms with van der Waals surface area (Å²) in [6.07, 6.45) is 1.04. The van der Waals surface area contributed by atoms with Crippen LogP contribution in [0.25, 0.3) is 0 Å². The second-order valence-corrected chi connectivity index (χ2v) is 9.60. The molecule has 2 saturated heterocycles.